The molecule has 1 heterocycles. The lowest BCUT2D eigenvalue weighted by Crippen LogP contribution is -2.32. The lowest BCUT2D eigenvalue weighted by Gasteiger charge is -2.09. The first-order chi connectivity index (χ1) is 11.6. The molecule has 0 spiro atoms. The zero-order valence-electron chi connectivity index (χ0n) is 12.2. The first-order valence-electron chi connectivity index (χ1n) is 6.96. The number of hydrogen-bond donors (Lipinski definition) is 5. The van der Waals surface area contributed by atoms with Crippen molar-refractivity contribution in [3.8, 4) is 0 Å². The van der Waals surface area contributed by atoms with Crippen molar-refractivity contribution in [2.24, 2.45) is 5.16 Å². The van der Waals surface area contributed by atoms with Gasteiger partial charge in [0, 0.05) is 11.7 Å². The van der Waals surface area contributed by atoms with Crippen LogP contribution in [-0.4, -0.2) is 33.4 Å². The summed E-state index contributed by atoms with van der Waals surface area (Å²) in [5.74, 6) is -0.351. The Morgan fingerprint density at radius 3 is 2.83 bits per heavy atom. The average molecular weight is 398 g/mol. The van der Waals surface area contributed by atoms with E-state index < -0.39 is 5.82 Å². The van der Waals surface area contributed by atoms with Gasteiger partial charge in [0.05, 0.1) is 4.47 Å². The summed E-state index contributed by atoms with van der Waals surface area (Å²) in [4.78, 5) is 0. The molecule has 5 N–H and O–H groups in total. The van der Waals surface area contributed by atoms with Crippen LogP contribution in [-0.2, 0) is 0 Å². The van der Waals surface area contributed by atoms with Crippen molar-refractivity contribution < 1.29 is 14.2 Å². The molecule has 1 saturated carbocycles. The maximum atomic E-state index is 13.3. The summed E-state index contributed by atoms with van der Waals surface area (Å²) in [6.07, 6.45) is 2.02. The fourth-order valence-corrected chi connectivity index (χ4v) is 2.23. The van der Waals surface area contributed by atoms with Gasteiger partial charge in [0.1, 0.15) is 5.82 Å². The second-order valence-electron chi connectivity index (χ2n) is 5.08. The fourth-order valence-electron chi connectivity index (χ4n) is 1.85. The van der Waals surface area contributed by atoms with Crippen LogP contribution in [0.3, 0.4) is 0 Å². The van der Waals surface area contributed by atoms with Crippen LogP contribution in [0.2, 0.25) is 0 Å². The zero-order valence-corrected chi connectivity index (χ0v) is 13.8. The van der Waals surface area contributed by atoms with Gasteiger partial charge in [0.2, 0.25) is 11.7 Å². The SMILES string of the molecule is N=C(Nc1nonc1/C(=N/O)Nc1ccc(F)c(Br)c1)NC1CC1. The molecular weight excluding hydrogens is 385 g/mol. The summed E-state index contributed by atoms with van der Waals surface area (Å²) in [6, 6.07) is 4.46. The Morgan fingerprint density at radius 2 is 2.17 bits per heavy atom. The van der Waals surface area contributed by atoms with Crippen LogP contribution in [0.1, 0.15) is 18.5 Å². The highest BCUT2D eigenvalue weighted by Gasteiger charge is 2.24. The normalized spacial score (nSPS) is 14.3. The minimum Gasteiger partial charge on any atom is -0.409 e. The van der Waals surface area contributed by atoms with E-state index in [1.807, 2.05) is 0 Å². The fraction of sp³-hybridized carbons (Fsp3) is 0.231. The van der Waals surface area contributed by atoms with Gasteiger partial charge in [-0.25, -0.2) is 9.02 Å². The van der Waals surface area contributed by atoms with E-state index in [4.69, 9.17) is 5.41 Å². The Labute approximate surface area is 143 Å². The van der Waals surface area contributed by atoms with Crippen molar-refractivity contribution in [3.63, 3.8) is 0 Å². The smallest absolute Gasteiger partial charge is 0.209 e. The summed E-state index contributed by atoms with van der Waals surface area (Å²) < 4.78 is 18.2. The van der Waals surface area contributed by atoms with Gasteiger partial charge in [-0.15, -0.1) is 0 Å². The van der Waals surface area contributed by atoms with Gasteiger partial charge >= 0.3 is 0 Å². The van der Waals surface area contributed by atoms with Crippen LogP contribution in [0.5, 0.6) is 0 Å². The van der Waals surface area contributed by atoms with Crippen LogP contribution in [0.15, 0.2) is 32.5 Å². The third kappa shape index (κ3) is 3.79. The number of guanidine groups is 1. The van der Waals surface area contributed by atoms with Crippen molar-refractivity contribution in [3.05, 3.63) is 34.2 Å². The molecule has 0 bridgehead atoms. The first-order valence-corrected chi connectivity index (χ1v) is 7.75. The highest BCUT2D eigenvalue weighted by Crippen LogP contribution is 2.22. The minimum absolute atomic E-state index is 0.0382. The molecule has 1 fully saturated rings. The lowest BCUT2D eigenvalue weighted by atomic mass is 10.3. The molecule has 24 heavy (non-hydrogen) atoms. The summed E-state index contributed by atoms with van der Waals surface area (Å²) in [5, 5.41) is 35.9. The van der Waals surface area contributed by atoms with Crippen LogP contribution in [0.25, 0.3) is 0 Å². The number of anilines is 2. The molecule has 0 amide bonds. The number of nitrogens with zero attached hydrogens (tertiary/aromatic N) is 3. The van der Waals surface area contributed by atoms with Crippen LogP contribution in [0.4, 0.5) is 15.9 Å². The number of halogens is 2. The van der Waals surface area contributed by atoms with Crippen LogP contribution in [0, 0.1) is 11.2 Å². The Hall–Kier alpha value is -2.69. The maximum Gasteiger partial charge on any atom is 0.209 e. The van der Waals surface area contributed by atoms with Crippen molar-refractivity contribution in [1.29, 1.82) is 5.41 Å². The molecule has 0 saturated heterocycles. The number of aromatic nitrogens is 2. The molecule has 1 aromatic heterocycles. The molecule has 2 aromatic rings. The van der Waals surface area contributed by atoms with Gasteiger partial charge < -0.3 is 21.2 Å². The number of rotatable bonds is 4. The van der Waals surface area contributed by atoms with Gasteiger partial charge in [-0.2, -0.15) is 0 Å². The van der Waals surface area contributed by atoms with E-state index in [0.29, 0.717) is 5.69 Å². The van der Waals surface area contributed by atoms with Crippen LogP contribution < -0.4 is 16.0 Å². The van der Waals surface area contributed by atoms with E-state index in [1.165, 1.54) is 18.2 Å². The summed E-state index contributed by atoms with van der Waals surface area (Å²) in [7, 11) is 0. The van der Waals surface area contributed by atoms with Crippen molar-refractivity contribution in [2.75, 3.05) is 10.6 Å². The molecule has 0 radical (unpaired) electrons. The van der Waals surface area contributed by atoms with E-state index in [9.17, 15) is 9.60 Å². The van der Waals surface area contributed by atoms with Crippen molar-refractivity contribution >= 4 is 39.2 Å². The molecule has 0 aliphatic heterocycles. The second kappa shape index (κ2) is 6.83. The predicted molar refractivity (Wildman–Crippen MR) is 87.9 cm³/mol. The highest BCUT2D eigenvalue weighted by molar-refractivity contribution is 9.10. The molecule has 0 atom stereocenters. The van der Waals surface area contributed by atoms with E-state index >= 15 is 0 Å². The Balaban J connectivity index is 1.74. The Kier molecular flexibility index (Phi) is 4.60. The topological polar surface area (TPSA) is 131 Å². The Bertz CT molecular complexity index is 790. The van der Waals surface area contributed by atoms with E-state index in [1.54, 1.807) is 0 Å². The summed E-state index contributed by atoms with van der Waals surface area (Å²) in [6.45, 7) is 0. The Morgan fingerprint density at radius 1 is 1.38 bits per heavy atom. The quantitative estimate of drug-likeness (QED) is 0.231. The monoisotopic (exact) mass is 397 g/mol. The first kappa shape index (κ1) is 16.2. The lowest BCUT2D eigenvalue weighted by molar-refractivity contribution is 0.305. The molecule has 9 nitrogen and oxygen atoms in total. The largest absolute Gasteiger partial charge is 0.409 e. The van der Waals surface area contributed by atoms with Crippen molar-refractivity contribution in [1.82, 2.24) is 15.6 Å². The third-order valence-corrected chi connectivity index (χ3v) is 3.77. The van der Waals surface area contributed by atoms with Gasteiger partial charge in [-0.3, -0.25) is 5.41 Å². The summed E-state index contributed by atoms with van der Waals surface area (Å²) >= 11 is 3.07. The molecule has 3 rings (SSSR count). The van der Waals surface area contributed by atoms with E-state index in [0.717, 1.165) is 12.8 Å². The second-order valence-corrected chi connectivity index (χ2v) is 5.94. The zero-order chi connectivity index (χ0) is 17.1. The van der Waals surface area contributed by atoms with Gasteiger partial charge in [-0.05, 0) is 57.3 Å². The van der Waals surface area contributed by atoms with E-state index in [2.05, 4.69) is 52.0 Å². The van der Waals surface area contributed by atoms with E-state index in [-0.39, 0.29) is 33.8 Å². The molecule has 0 unspecified atom stereocenters. The number of oxime groups is 1. The maximum absolute atomic E-state index is 13.3. The summed E-state index contributed by atoms with van der Waals surface area (Å²) in [5.41, 5.74) is 0.525. The molecule has 1 aliphatic carbocycles. The van der Waals surface area contributed by atoms with Gasteiger partial charge in [0.15, 0.2) is 11.7 Å². The average Bonchev–Trinajstić information content (AvgIpc) is 3.25. The third-order valence-electron chi connectivity index (χ3n) is 3.16. The highest BCUT2D eigenvalue weighted by atomic mass is 79.9. The van der Waals surface area contributed by atoms with Crippen molar-refractivity contribution in [2.45, 2.75) is 18.9 Å². The van der Waals surface area contributed by atoms with Gasteiger partial charge in [-0.1, -0.05) is 5.16 Å². The number of amidine groups is 1. The number of hydrogen-bond acceptors (Lipinski definition) is 6. The predicted octanol–water partition coefficient (Wildman–Crippen LogP) is 2.32. The minimum atomic E-state index is -0.423. The number of benzene rings is 1. The molecule has 126 valence electrons. The standard InChI is InChI=1S/C13H13BrFN7O2/c14-8-5-7(3-4-9(8)15)17-11(20-23)10-12(22-24-21-10)19-13(16)18-6-1-2-6/h3-6,23H,1-2H2,(H,17,20)(H3,16,18,19,22). The number of nitrogens with one attached hydrogen (secondary N) is 4. The molecule has 1 aliphatic rings. The molecular formula is C13H13BrFN7O2. The van der Waals surface area contributed by atoms with Gasteiger partial charge in [0.25, 0.3) is 0 Å². The molecule has 1 aromatic carbocycles. The van der Waals surface area contributed by atoms with Crippen LogP contribution >= 0.6 is 15.9 Å². The molecule has 11 heteroatoms.